The van der Waals surface area contributed by atoms with Crippen molar-refractivity contribution in [1.82, 2.24) is 9.97 Å². The van der Waals surface area contributed by atoms with Crippen LogP contribution in [0.1, 0.15) is 26.6 Å². The molecule has 0 unspecified atom stereocenters. The predicted molar refractivity (Wildman–Crippen MR) is 93.1 cm³/mol. The molecule has 0 aliphatic rings. The molecule has 23 heavy (non-hydrogen) atoms. The average molecular weight is 346 g/mol. The van der Waals surface area contributed by atoms with E-state index in [1.807, 2.05) is 13.8 Å². The van der Waals surface area contributed by atoms with Crippen LogP contribution < -0.4 is 0 Å². The van der Waals surface area contributed by atoms with Crippen LogP contribution in [0, 0.1) is 26.6 Å². The number of fused-ring (bicyclic) bond motifs is 1. The lowest BCUT2D eigenvalue weighted by atomic mass is 10.1. The van der Waals surface area contributed by atoms with E-state index in [-0.39, 0.29) is 17.1 Å². The van der Waals surface area contributed by atoms with E-state index < -0.39 is 5.82 Å². The van der Waals surface area contributed by atoms with Crippen molar-refractivity contribution in [2.24, 2.45) is 0 Å². The molecule has 0 aliphatic heterocycles. The number of rotatable bonds is 4. The SMILES string of the molecule is Cc1nc(SCC(=O)c2ccccc2F)c2c(C)c(C)sc2n1. The standard InChI is InChI=1S/C17H15FN2OS2/c1-9-10(2)23-17-15(9)16(19-11(3)20-17)22-8-14(21)12-6-4-5-7-13(12)18/h4-7H,8H2,1-3H3. The molecule has 0 saturated heterocycles. The van der Waals surface area contributed by atoms with Gasteiger partial charge in [-0.25, -0.2) is 14.4 Å². The largest absolute Gasteiger partial charge is 0.293 e. The maximum atomic E-state index is 13.7. The molecule has 0 radical (unpaired) electrons. The summed E-state index contributed by atoms with van der Waals surface area (Å²) in [5.74, 6) is 0.118. The molecule has 0 bridgehead atoms. The number of hydrogen-bond donors (Lipinski definition) is 0. The van der Waals surface area contributed by atoms with Gasteiger partial charge in [-0.15, -0.1) is 11.3 Å². The molecule has 118 valence electrons. The number of hydrogen-bond acceptors (Lipinski definition) is 5. The van der Waals surface area contributed by atoms with Crippen molar-refractivity contribution in [2.45, 2.75) is 25.8 Å². The molecule has 3 aromatic rings. The quantitative estimate of drug-likeness (QED) is 0.389. The molecule has 2 aromatic heterocycles. The van der Waals surface area contributed by atoms with Gasteiger partial charge in [0.1, 0.15) is 21.5 Å². The Morgan fingerprint density at radius 3 is 2.70 bits per heavy atom. The Kier molecular flexibility index (Phi) is 4.46. The summed E-state index contributed by atoms with van der Waals surface area (Å²) >= 11 is 2.97. The number of aromatic nitrogens is 2. The van der Waals surface area contributed by atoms with Gasteiger partial charge in [0.25, 0.3) is 0 Å². The predicted octanol–water partition coefficient (Wildman–Crippen LogP) is 4.73. The Labute approximate surface area is 142 Å². The molecular formula is C17H15FN2OS2. The number of thiophene rings is 1. The van der Waals surface area contributed by atoms with Crippen molar-refractivity contribution in [2.75, 3.05) is 5.75 Å². The molecule has 0 amide bonds. The average Bonchev–Trinajstić information content (AvgIpc) is 2.79. The molecule has 1 aromatic carbocycles. The van der Waals surface area contributed by atoms with Crippen LogP contribution in [0.2, 0.25) is 0 Å². The van der Waals surface area contributed by atoms with Gasteiger partial charge in [-0.1, -0.05) is 23.9 Å². The van der Waals surface area contributed by atoms with Gasteiger partial charge in [0, 0.05) is 10.3 Å². The van der Waals surface area contributed by atoms with Crippen molar-refractivity contribution >= 4 is 39.1 Å². The number of aryl methyl sites for hydroxylation is 3. The van der Waals surface area contributed by atoms with E-state index >= 15 is 0 Å². The minimum Gasteiger partial charge on any atom is -0.293 e. The van der Waals surface area contributed by atoms with Crippen molar-refractivity contribution in [3.63, 3.8) is 0 Å². The van der Waals surface area contributed by atoms with Crippen molar-refractivity contribution < 1.29 is 9.18 Å². The van der Waals surface area contributed by atoms with Gasteiger partial charge in [0.2, 0.25) is 0 Å². The molecule has 0 fully saturated rings. The molecule has 0 spiro atoms. The summed E-state index contributed by atoms with van der Waals surface area (Å²) in [5, 5.41) is 1.79. The Bertz CT molecular complexity index is 905. The fraction of sp³-hybridized carbons (Fsp3) is 0.235. The Balaban J connectivity index is 1.90. The summed E-state index contributed by atoms with van der Waals surface area (Å²) in [6, 6.07) is 6.06. The van der Waals surface area contributed by atoms with E-state index in [1.54, 1.807) is 23.5 Å². The van der Waals surface area contributed by atoms with E-state index in [0.717, 1.165) is 20.8 Å². The maximum absolute atomic E-state index is 13.7. The third kappa shape index (κ3) is 3.14. The Morgan fingerprint density at radius 1 is 1.22 bits per heavy atom. The van der Waals surface area contributed by atoms with Crippen molar-refractivity contribution in [3.8, 4) is 0 Å². The second-order valence-electron chi connectivity index (χ2n) is 5.23. The molecule has 2 heterocycles. The van der Waals surface area contributed by atoms with E-state index in [2.05, 4.69) is 16.9 Å². The number of thioether (sulfide) groups is 1. The van der Waals surface area contributed by atoms with Crippen LogP contribution in [-0.2, 0) is 0 Å². The molecule has 3 rings (SSSR count). The highest BCUT2D eigenvalue weighted by Crippen LogP contribution is 2.35. The summed E-state index contributed by atoms with van der Waals surface area (Å²) < 4.78 is 13.7. The molecule has 0 atom stereocenters. The highest BCUT2D eigenvalue weighted by Gasteiger charge is 2.16. The number of halogens is 1. The lowest BCUT2D eigenvalue weighted by molar-refractivity contribution is 0.101. The number of carbonyl (C=O) groups is 1. The van der Waals surface area contributed by atoms with Gasteiger partial charge in [-0.05, 0) is 38.5 Å². The van der Waals surface area contributed by atoms with Gasteiger partial charge in [0.15, 0.2) is 5.78 Å². The summed E-state index contributed by atoms with van der Waals surface area (Å²) in [4.78, 5) is 23.3. The first kappa shape index (κ1) is 16.1. The van der Waals surface area contributed by atoms with Crippen LogP contribution in [0.5, 0.6) is 0 Å². The molecule has 0 N–H and O–H groups in total. The Hall–Kier alpha value is -1.79. The fourth-order valence-electron chi connectivity index (χ4n) is 2.32. The van der Waals surface area contributed by atoms with Gasteiger partial charge >= 0.3 is 0 Å². The number of carbonyl (C=O) groups excluding carboxylic acids is 1. The lowest BCUT2D eigenvalue weighted by Crippen LogP contribution is -2.05. The van der Waals surface area contributed by atoms with Gasteiger partial charge in [-0.2, -0.15) is 0 Å². The van der Waals surface area contributed by atoms with Crippen LogP contribution in [0.25, 0.3) is 10.2 Å². The van der Waals surface area contributed by atoms with Crippen LogP contribution in [0.4, 0.5) is 4.39 Å². The molecule has 0 saturated carbocycles. The number of nitrogens with zero attached hydrogens (tertiary/aromatic N) is 2. The molecule has 3 nitrogen and oxygen atoms in total. The van der Waals surface area contributed by atoms with E-state index in [0.29, 0.717) is 5.82 Å². The normalized spacial score (nSPS) is 11.1. The summed E-state index contributed by atoms with van der Waals surface area (Å²) in [5.41, 5.74) is 1.27. The van der Waals surface area contributed by atoms with E-state index in [4.69, 9.17) is 0 Å². The topological polar surface area (TPSA) is 42.9 Å². The van der Waals surface area contributed by atoms with Crippen LogP contribution >= 0.6 is 23.1 Å². The number of benzene rings is 1. The van der Waals surface area contributed by atoms with E-state index in [1.165, 1.54) is 28.8 Å². The fourth-order valence-corrected chi connectivity index (χ4v) is 4.47. The summed E-state index contributed by atoms with van der Waals surface area (Å²) in [6.07, 6.45) is 0. The van der Waals surface area contributed by atoms with Crippen molar-refractivity contribution in [1.29, 1.82) is 0 Å². The molecule has 6 heteroatoms. The van der Waals surface area contributed by atoms with Crippen molar-refractivity contribution in [3.05, 3.63) is 51.9 Å². The third-order valence-corrected chi connectivity index (χ3v) is 5.70. The number of Topliss-reactive ketones (excluding diaryl/α,β-unsaturated/α-hetero) is 1. The highest BCUT2D eigenvalue weighted by atomic mass is 32.2. The van der Waals surface area contributed by atoms with Crippen LogP contribution in [0.3, 0.4) is 0 Å². The first-order chi connectivity index (χ1) is 11.0. The molecule has 0 aliphatic carbocycles. The van der Waals surface area contributed by atoms with E-state index in [9.17, 15) is 9.18 Å². The van der Waals surface area contributed by atoms with Crippen LogP contribution in [-0.4, -0.2) is 21.5 Å². The summed E-state index contributed by atoms with van der Waals surface area (Å²) in [7, 11) is 0. The zero-order valence-corrected chi connectivity index (χ0v) is 14.6. The zero-order chi connectivity index (χ0) is 16.6. The van der Waals surface area contributed by atoms with Gasteiger partial charge in [0.05, 0.1) is 11.3 Å². The smallest absolute Gasteiger partial charge is 0.176 e. The monoisotopic (exact) mass is 346 g/mol. The first-order valence-electron chi connectivity index (χ1n) is 7.12. The lowest BCUT2D eigenvalue weighted by Gasteiger charge is -2.05. The molecular weight excluding hydrogens is 331 g/mol. The third-order valence-electron chi connectivity index (χ3n) is 3.62. The first-order valence-corrected chi connectivity index (χ1v) is 8.92. The zero-order valence-electron chi connectivity index (χ0n) is 13.0. The second-order valence-corrected chi connectivity index (χ2v) is 7.40. The minimum atomic E-state index is -0.482. The maximum Gasteiger partial charge on any atom is 0.176 e. The van der Waals surface area contributed by atoms with Gasteiger partial charge in [-0.3, -0.25) is 4.79 Å². The summed E-state index contributed by atoms with van der Waals surface area (Å²) in [6.45, 7) is 5.93. The van der Waals surface area contributed by atoms with Gasteiger partial charge < -0.3 is 0 Å². The minimum absolute atomic E-state index is 0.125. The Morgan fingerprint density at radius 2 is 1.96 bits per heavy atom. The van der Waals surface area contributed by atoms with Crippen LogP contribution in [0.15, 0.2) is 29.3 Å². The second kappa shape index (κ2) is 6.37. The number of ketones is 1. The highest BCUT2D eigenvalue weighted by molar-refractivity contribution is 8.00.